The van der Waals surface area contributed by atoms with Crippen LogP contribution in [0.1, 0.15) is 24.2 Å². The van der Waals surface area contributed by atoms with E-state index in [4.69, 9.17) is 23.2 Å². The van der Waals surface area contributed by atoms with Gasteiger partial charge in [-0.3, -0.25) is 9.59 Å². The molecule has 0 saturated carbocycles. The highest BCUT2D eigenvalue weighted by Crippen LogP contribution is 2.24. The fourth-order valence-electron chi connectivity index (χ4n) is 1.37. The molecule has 0 saturated heterocycles. The van der Waals surface area contributed by atoms with Gasteiger partial charge >= 0.3 is 0 Å². The van der Waals surface area contributed by atoms with Crippen LogP contribution >= 0.6 is 23.2 Å². The molecule has 0 aromatic heterocycles. The third kappa shape index (κ3) is 3.87. The van der Waals surface area contributed by atoms with E-state index in [-0.39, 0.29) is 17.7 Å². The van der Waals surface area contributed by atoms with Gasteiger partial charge in [0.25, 0.3) is 5.91 Å². The molecule has 0 atom stereocenters. The monoisotopic (exact) mass is 316 g/mol. The Labute approximate surface area is 129 Å². The van der Waals surface area contributed by atoms with Crippen molar-refractivity contribution < 1.29 is 9.59 Å². The first kappa shape index (κ1) is 16.8. The number of halogens is 2. The van der Waals surface area contributed by atoms with Crippen molar-refractivity contribution >= 4 is 40.7 Å². The molecule has 0 aliphatic carbocycles. The summed E-state index contributed by atoms with van der Waals surface area (Å²) in [4.78, 5) is 25.4. The van der Waals surface area contributed by atoms with Crippen LogP contribution in [0.4, 0.5) is 5.69 Å². The predicted octanol–water partition coefficient (Wildman–Crippen LogP) is 3.25. The van der Waals surface area contributed by atoms with E-state index in [2.05, 4.69) is 5.32 Å². The Kier molecular flexibility index (Phi) is 5.42. The molecule has 20 heavy (non-hydrogen) atoms. The Morgan fingerprint density at radius 3 is 2.40 bits per heavy atom. The molecule has 1 aromatic rings. The fourth-order valence-corrected chi connectivity index (χ4v) is 1.69. The number of nitrogens with one attached hydrogen (secondary N) is 1. The smallest absolute Gasteiger partial charge is 0.254 e. The number of benzene rings is 1. The molecule has 0 unspecified atom stereocenters. The lowest BCUT2D eigenvalue weighted by Crippen LogP contribution is -2.32. The Morgan fingerprint density at radius 1 is 1.30 bits per heavy atom. The molecule has 0 aliphatic rings. The summed E-state index contributed by atoms with van der Waals surface area (Å²) in [5.74, 6) is -0.226. The Balaban J connectivity index is 3.02. The first-order chi connectivity index (χ1) is 9.19. The van der Waals surface area contributed by atoms with Crippen molar-refractivity contribution in [3.63, 3.8) is 0 Å². The van der Waals surface area contributed by atoms with E-state index in [0.717, 1.165) is 0 Å². The summed E-state index contributed by atoms with van der Waals surface area (Å²) < 4.78 is 0. The Bertz CT molecular complexity index is 528. The number of anilines is 1. The third-order valence-electron chi connectivity index (χ3n) is 2.81. The van der Waals surface area contributed by atoms with Crippen molar-refractivity contribution in [3.8, 4) is 0 Å². The van der Waals surface area contributed by atoms with Crippen LogP contribution in [-0.2, 0) is 4.79 Å². The van der Waals surface area contributed by atoms with Gasteiger partial charge in [0.2, 0.25) is 5.91 Å². The minimum atomic E-state index is -0.688. The lowest BCUT2D eigenvalue weighted by atomic mass is 9.95. The molecule has 110 valence electrons. The van der Waals surface area contributed by atoms with E-state index in [1.54, 1.807) is 46.1 Å². The molecule has 0 heterocycles. The molecule has 1 rings (SSSR count). The number of carbonyl (C=O) groups excluding carboxylic acids is 2. The van der Waals surface area contributed by atoms with Crippen LogP contribution in [0.15, 0.2) is 18.2 Å². The number of rotatable bonds is 4. The lowest BCUT2D eigenvalue weighted by Gasteiger charge is -2.21. The van der Waals surface area contributed by atoms with Crippen molar-refractivity contribution in [2.45, 2.75) is 13.8 Å². The molecule has 1 aromatic carbocycles. The third-order valence-corrected chi connectivity index (χ3v) is 3.81. The van der Waals surface area contributed by atoms with Gasteiger partial charge in [-0.05, 0) is 32.0 Å². The summed E-state index contributed by atoms with van der Waals surface area (Å²) in [6.07, 6.45) is 0. The zero-order valence-corrected chi connectivity index (χ0v) is 13.5. The van der Waals surface area contributed by atoms with Gasteiger partial charge in [-0.15, -0.1) is 11.6 Å². The van der Waals surface area contributed by atoms with Crippen molar-refractivity contribution in [1.29, 1.82) is 0 Å². The second-order valence-corrected chi connectivity index (χ2v) is 6.04. The van der Waals surface area contributed by atoms with Crippen LogP contribution in [0.2, 0.25) is 5.02 Å². The molecule has 1 N–H and O–H groups in total. The number of hydrogen-bond acceptors (Lipinski definition) is 2. The van der Waals surface area contributed by atoms with E-state index < -0.39 is 5.41 Å². The average molecular weight is 317 g/mol. The highest BCUT2D eigenvalue weighted by atomic mass is 35.5. The number of hydrogen-bond donors (Lipinski definition) is 1. The van der Waals surface area contributed by atoms with E-state index in [9.17, 15) is 9.59 Å². The van der Waals surface area contributed by atoms with Crippen LogP contribution in [0.3, 0.4) is 0 Å². The van der Waals surface area contributed by atoms with Crippen LogP contribution in [0.25, 0.3) is 0 Å². The van der Waals surface area contributed by atoms with Gasteiger partial charge in [0, 0.05) is 25.7 Å². The van der Waals surface area contributed by atoms with Crippen molar-refractivity contribution in [3.05, 3.63) is 28.8 Å². The lowest BCUT2D eigenvalue weighted by molar-refractivity contribution is -0.122. The zero-order chi connectivity index (χ0) is 15.5. The molecule has 2 amide bonds. The highest BCUT2D eigenvalue weighted by molar-refractivity contribution is 6.34. The molecule has 0 aliphatic heterocycles. The normalized spacial score (nSPS) is 11.1. The maximum absolute atomic E-state index is 12.0. The molecular formula is C14H18Cl2N2O2. The first-order valence-corrected chi connectivity index (χ1v) is 6.99. The van der Waals surface area contributed by atoms with E-state index in [0.29, 0.717) is 16.3 Å². The predicted molar refractivity (Wildman–Crippen MR) is 82.6 cm³/mol. The van der Waals surface area contributed by atoms with E-state index in [1.807, 2.05) is 0 Å². The maximum atomic E-state index is 12.0. The van der Waals surface area contributed by atoms with Gasteiger partial charge in [-0.2, -0.15) is 0 Å². The first-order valence-electron chi connectivity index (χ1n) is 6.07. The second-order valence-electron chi connectivity index (χ2n) is 5.37. The van der Waals surface area contributed by atoms with Gasteiger partial charge in [-0.25, -0.2) is 0 Å². The Morgan fingerprint density at radius 2 is 1.90 bits per heavy atom. The van der Waals surface area contributed by atoms with Crippen molar-refractivity contribution in [1.82, 2.24) is 4.90 Å². The summed E-state index contributed by atoms with van der Waals surface area (Å²) in [7, 11) is 3.28. The quantitative estimate of drug-likeness (QED) is 0.867. The second kappa shape index (κ2) is 6.46. The van der Waals surface area contributed by atoms with Crippen molar-refractivity contribution in [2.24, 2.45) is 5.41 Å². The standard InChI is InChI=1S/C14H18Cl2N2O2/c1-14(2,8-15)13(20)17-9-5-6-11(16)10(7-9)12(19)18(3)4/h5-7H,8H2,1-4H3,(H,17,20). The SMILES string of the molecule is CN(C)C(=O)c1cc(NC(=O)C(C)(C)CCl)ccc1Cl. The van der Waals surface area contributed by atoms with Gasteiger partial charge in [-0.1, -0.05) is 11.6 Å². The van der Waals surface area contributed by atoms with Gasteiger partial charge < -0.3 is 10.2 Å². The average Bonchev–Trinajstić information content (AvgIpc) is 2.39. The summed E-state index contributed by atoms with van der Waals surface area (Å²) in [6.45, 7) is 3.49. The van der Waals surface area contributed by atoms with Gasteiger partial charge in [0.05, 0.1) is 16.0 Å². The van der Waals surface area contributed by atoms with E-state index in [1.165, 1.54) is 4.90 Å². The largest absolute Gasteiger partial charge is 0.345 e. The molecule has 0 bridgehead atoms. The number of alkyl halides is 1. The minimum Gasteiger partial charge on any atom is -0.345 e. The van der Waals surface area contributed by atoms with Gasteiger partial charge in [0.1, 0.15) is 0 Å². The maximum Gasteiger partial charge on any atom is 0.254 e. The van der Waals surface area contributed by atoms with E-state index >= 15 is 0 Å². The summed E-state index contributed by atoms with van der Waals surface area (Å²) >= 11 is 11.8. The number of amides is 2. The molecule has 0 spiro atoms. The van der Waals surface area contributed by atoms with Crippen LogP contribution < -0.4 is 5.32 Å². The summed E-state index contributed by atoms with van der Waals surface area (Å²) in [5, 5.41) is 3.09. The topological polar surface area (TPSA) is 49.4 Å². The van der Waals surface area contributed by atoms with Crippen LogP contribution in [-0.4, -0.2) is 36.7 Å². The highest BCUT2D eigenvalue weighted by Gasteiger charge is 2.26. The minimum absolute atomic E-state index is 0.204. The molecule has 6 heteroatoms. The Hall–Kier alpha value is -1.26. The molecule has 0 fully saturated rings. The molecule has 4 nitrogen and oxygen atoms in total. The van der Waals surface area contributed by atoms with Gasteiger partial charge in [0.15, 0.2) is 0 Å². The molecule has 0 radical (unpaired) electrons. The number of nitrogens with zero attached hydrogens (tertiary/aromatic N) is 1. The van der Waals surface area contributed by atoms with Crippen LogP contribution in [0, 0.1) is 5.41 Å². The zero-order valence-electron chi connectivity index (χ0n) is 12.0. The van der Waals surface area contributed by atoms with Crippen LogP contribution in [0.5, 0.6) is 0 Å². The summed E-state index contributed by atoms with van der Waals surface area (Å²) in [5.41, 5.74) is 0.174. The molecular weight excluding hydrogens is 299 g/mol. The summed E-state index contributed by atoms with van der Waals surface area (Å²) in [6, 6.07) is 4.80. The fraction of sp³-hybridized carbons (Fsp3) is 0.429. The number of carbonyl (C=O) groups is 2. The van der Waals surface area contributed by atoms with Crippen molar-refractivity contribution in [2.75, 3.05) is 25.3 Å².